The van der Waals surface area contributed by atoms with Gasteiger partial charge in [-0.25, -0.2) is 0 Å². The van der Waals surface area contributed by atoms with E-state index in [0.29, 0.717) is 10.6 Å². The van der Waals surface area contributed by atoms with E-state index >= 15 is 0 Å². The van der Waals surface area contributed by atoms with Crippen LogP contribution in [0.2, 0.25) is 5.02 Å². The van der Waals surface area contributed by atoms with Crippen molar-refractivity contribution in [1.29, 1.82) is 0 Å². The van der Waals surface area contributed by atoms with Crippen LogP contribution < -0.4 is 0 Å². The van der Waals surface area contributed by atoms with E-state index in [0.717, 1.165) is 11.1 Å². The third-order valence-corrected chi connectivity index (χ3v) is 5.10. The molecule has 1 fully saturated rings. The average molecular weight is 405 g/mol. The molecular formula is C23H17ClN2O3. The highest BCUT2D eigenvalue weighted by Crippen LogP contribution is 2.40. The summed E-state index contributed by atoms with van der Waals surface area (Å²) in [6, 6.07) is 18.6. The second-order valence-corrected chi connectivity index (χ2v) is 7.14. The number of nitrogens with zero attached hydrogens (tertiary/aromatic N) is 2. The molecule has 2 heterocycles. The van der Waals surface area contributed by atoms with Crippen molar-refractivity contribution in [2.24, 2.45) is 0 Å². The predicted molar refractivity (Wildman–Crippen MR) is 110 cm³/mol. The van der Waals surface area contributed by atoms with Crippen molar-refractivity contribution in [3.8, 4) is 0 Å². The van der Waals surface area contributed by atoms with E-state index in [1.54, 1.807) is 42.7 Å². The van der Waals surface area contributed by atoms with E-state index < -0.39 is 17.7 Å². The van der Waals surface area contributed by atoms with Gasteiger partial charge >= 0.3 is 0 Å². The summed E-state index contributed by atoms with van der Waals surface area (Å²) >= 11 is 5.93. The molecule has 0 radical (unpaired) electrons. The van der Waals surface area contributed by atoms with Gasteiger partial charge in [0.1, 0.15) is 5.76 Å². The number of aromatic nitrogens is 1. The Kier molecular flexibility index (Phi) is 5.14. The highest BCUT2D eigenvalue weighted by atomic mass is 35.5. The van der Waals surface area contributed by atoms with E-state index in [-0.39, 0.29) is 17.9 Å². The van der Waals surface area contributed by atoms with Gasteiger partial charge < -0.3 is 10.0 Å². The molecule has 1 amide bonds. The van der Waals surface area contributed by atoms with Gasteiger partial charge in [-0.3, -0.25) is 14.6 Å². The highest BCUT2D eigenvalue weighted by Gasteiger charge is 2.46. The summed E-state index contributed by atoms with van der Waals surface area (Å²) in [4.78, 5) is 31.4. The van der Waals surface area contributed by atoms with Crippen molar-refractivity contribution in [2.45, 2.75) is 12.6 Å². The van der Waals surface area contributed by atoms with Gasteiger partial charge in [0, 0.05) is 29.5 Å². The zero-order valence-corrected chi connectivity index (χ0v) is 16.1. The Morgan fingerprint density at radius 1 is 1.00 bits per heavy atom. The highest BCUT2D eigenvalue weighted by molar-refractivity contribution is 6.46. The van der Waals surface area contributed by atoms with Crippen molar-refractivity contribution in [1.82, 2.24) is 9.88 Å². The normalized spacial score (nSPS) is 18.2. The Morgan fingerprint density at radius 2 is 1.72 bits per heavy atom. The predicted octanol–water partition coefficient (Wildman–Crippen LogP) is 4.36. The molecule has 0 aliphatic carbocycles. The lowest BCUT2D eigenvalue weighted by Gasteiger charge is -2.25. The van der Waals surface area contributed by atoms with E-state index in [2.05, 4.69) is 4.98 Å². The second-order valence-electron chi connectivity index (χ2n) is 6.71. The van der Waals surface area contributed by atoms with Crippen LogP contribution in [0, 0.1) is 0 Å². The Hall–Kier alpha value is -3.44. The van der Waals surface area contributed by atoms with E-state index in [4.69, 9.17) is 11.6 Å². The van der Waals surface area contributed by atoms with Gasteiger partial charge in [0.15, 0.2) is 0 Å². The summed E-state index contributed by atoms with van der Waals surface area (Å²) in [5, 5.41) is 11.5. The fraction of sp³-hybridized carbons (Fsp3) is 0.0870. The van der Waals surface area contributed by atoms with Crippen molar-refractivity contribution in [3.63, 3.8) is 0 Å². The maximum absolute atomic E-state index is 12.9. The van der Waals surface area contributed by atoms with Gasteiger partial charge in [-0.05, 0) is 41.5 Å². The van der Waals surface area contributed by atoms with E-state index in [1.165, 1.54) is 4.90 Å². The quantitative estimate of drug-likeness (QED) is 0.398. The van der Waals surface area contributed by atoms with Crippen LogP contribution in [0.1, 0.15) is 22.7 Å². The van der Waals surface area contributed by atoms with Crippen LogP contribution in [-0.4, -0.2) is 26.7 Å². The lowest BCUT2D eigenvalue weighted by Crippen LogP contribution is -2.29. The number of likely N-dealkylation sites (tertiary alicyclic amines) is 1. The second kappa shape index (κ2) is 7.89. The molecule has 1 aromatic heterocycles. The maximum Gasteiger partial charge on any atom is 0.295 e. The monoisotopic (exact) mass is 404 g/mol. The number of ketones is 1. The molecule has 2 aromatic carbocycles. The summed E-state index contributed by atoms with van der Waals surface area (Å²) in [5.74, 6) is -1.59. The number of Topliss-reactive ketones (excluding diaryl/α,β-unsaturated/α-hetero) is 1. The van der Waals surface area contributed by atoms with Crippen molar-refractivity contribution >= 4 is 29.1 Å². The van der Waals surface area contributed by atoms with Crippen LogP contribution >= 0.6 is 11.6 Å². The standard InChI is InChI=1S/C23H17ClN2O3/c24-18-10-8-17(9-11-18)21(27)19-20(16-6-2-1-3-7-16)26(23(29)22(19)28)14-15-5-4-12-25-13-15/h1-13,20,27H,14H2/b21-19-. The van der Waals surface area contributed by atoms with Crippen LogP contribution in [0.3, 0.4) is 0 Å². The fourth-order valence-corrected chi connectivity index (χ4v) is 3.60. The third kappa shape index (κ3) is 3.65. The number of amides is 1. The summed E-state index contributed by atoms with van der Waals surface area (Å²) < 4.78 is 0. The molecule has 0 saturated carbocycles. The molecule has 1 saturated heterocycles. The van der Waals surface area contributed by atoms with Crippen LogP contribution in [-0.2, 0) is 16.1 Å². The molecule has 1 aliphatic heterocycles. The number of hydrogen-bond donors (Lipinski definition) is 1. The first kappa shape index (κ1) is 18.9. The minimum atomic E-state index is -0.713. The average Bonchev–Trinajstić information content (AvgIpc) is 3.00. The SMILES string of the molecule is O=C1C(=O)N(Cc2cccnc2)C(c2ccccc2)/C1=C(/O)c1ccc(Cl)cc1. The molecule has 0 bridgehead atoms. The largest absolute Gasteiger partial charge is 0.507 e. The van der Waals surface area contributed by atoms with Gasteiger partial charge in [0.2, 0.25) is 0 Å². The molecule has 1 unspecified atom stereocenters. The number of rotatable bonds is 4. The molecule has 0 spiro atoms. The Balaban J connectivity index is 1.85. The van der Waals surface area contributed by atoms with Crippen molar-refractivity contribution < 1.29 is 14.7 Å². The van der Waals surface area contributed by atoms with Gasteiger partial charge in [-0.2, -0.15) is 0 Å². The van der Waals surface area contributed by atoms with Crippen LogP contribution in [0.25, 0.3) is 5.76 Å². The summed E-state index contributed by atoms with van der Waals surface area (Å²) in [5.41, 5.74) is 2.02. The molecule has 5 nitrogen and oxygen atoms in total. The molecule has 144 valence electrons. The van der Waals surface area contributed by atoms with Crippen LogP contribution in [0.5, 0.6) is 0 Å². The molecule has 29 heavy (non-hydrogen) atoms. The fourth-order valence-electron chi connectivity index (χ4n) is 3.48. The third-order valence-electron chi connectivity index (χ3n) is 4.85. The molecule has 4 rings (SSSR count). The topological polar surface area (TPSA) is 70.5 Å². The molecule has 1 aliphatic rings. The lowest BCUT2D eigenvalue weighted by molar-refractivity contribution is -0.140. The smallest absolute Gasteiger partial charge is 0.295 e. The minimum Gasteiger partial charge on any atom is -0.507 e. The first-order valence-corrected chi connectivity index (χ1v) is 9.42. The van der Waals surface area contributed by atoms with Gasteiger partial charge in [0.05, 0.1) is 11.6 Å². The molecule has 6 heteroatoms. The van der Waals surface area contributed by atoms with E-state index in [1.807, 2.05) is 36.4 Å². The number of halogens is 1. The number of pyridine rings is 1. The number of carbonyl (C=O) groups is 2. The minimum absolute atomic E-state index is 0.0624. The zero-order chi connectivity index (χ0) is 20.4. The number of aliphatic hydroxyl groups excluding tert-OH is 1. The van der Waals surface area contributed by atoms with Crippen molar-refractivity contribution in [3.05, 3.63) is 106 Å². The summed E-state index contributed by atoms with van der Waals surface area (Å²) in [7, 11) is 0. The summed E-state index contributed by atoms with van der Waals surface area (Å²) in [6.07, 6.45) is 3.30. The van der Waals surface area contributed by atoms with Gasteiger partial charge in [-0.1, -0.05) is 48.0 Å². The van der Waals surface area contributed by atoms with Crippen LogP contribution in [0.15, 0.2) is 84.7 Å². The number of hydrogen-bond acceptors (Lipinski definition) is 4. The van der Waals surface area contributed by atoms with Gasteiger partial charge in [-0.15, -0.1) is 0 Å². The number of aliphatic hydroxyl groups is 1. The Morgan fingerprint density at radius 3 is 2.38 bits per heavy atom. The number of carbonyl (C=O) groups excluding carboxylic acids is 2. The van der Waals surface area contributed by atoms with E-state index in [9.17, 15) is 14.7 Å². The summed E-state index contributed by atoms with van der Waals surface area (Å²) in [6.45, 7) is 0.204. The van der Waals surface area contributed by atoms with Gasteiger partial charge in [0.25, 0.3) is 11.7 Å². The van der Waals surface area contributed by atoms with Crippen molar-refractivity contribution in [2.75, 3.05) is 0 Å². The van der Waals surface area contributed by atoms with Crippen LogP contribution in [0.4, 0.5) is 0 Å². The molecule has 1 atom stereocenters. The Labute approximate surface area is 172 Å². The zero-order valence-electron chi connectivity index (χ0n) is 15.3. The Bertz CT molecular complexity index is 1080. The first-order chi connectivity index (χ1) is 14.1. The lowest BCUT2D eigenvalue weighted by atomic mass is 9.95. The maximum atomic E-state index is 12.9. The first-order valence-electron chi connectivity index (χ1n) is 9.04. The molecule has 3 aromatic rings. The number of benzene rings is 2. The molecule has 1 N–H and O–H groups in total. The molecular weight excluding hydrogens is 388 g/mol.